The molecule has 1 aliphatic rings. The molecule has 0 spiro atoms. The Balaban J connectivity index is 1.83. The molecule has 1 atom stereocenters. The van der Waals surface area contributed by atoms with Crippen molar-refractivity contribution in [2.75, 3.05) is 32.0 Å². The second-order valence-corrected chi connectivity index (χ2v) is 5.49. The number of nitrogens with one attached hydrogen (secondary N) is 2. The molecule has 2 rings (SSSR count). The van der Waals surface area contributed by atoms with Gasteiger partial charge in [0, 0.05) is 11.7 Å². The summed E-state index contributed by atoms with van der Waals surface area (Å²) in [6.07, 6.45) is 3.38. The van der Waals surface area contributed by atoms with Crippen LogP contribution in [0.15, 0.2) is 24.3 Å². The Morgan fingerprint density at radius 2 is 2.14 bits per heavy atom. The van der Waals surface area contributed by atoms with E-state index in [1.165, 1.54) is 0 Å². The summed E-state index contributed by atoms with van der Waals surface area (Å²) < 4.78 is 0. The van der Waals surface area contributed by atoms with Crippen LogP contribution in [0.1, 0.15) is 24.8 Å². The van der Waals surface area contributed by atoms with Crippen LogP contribution in [0.25, 0.3) is 0 Å². The molecule has 0 aromatic heterocycles. The quantitative estimate of drug-likeness (QED) is 0.881. The monoisotopic (exact) mass is 286 g/mol. The average Bonchev–Trinajstić information content (AvgIpc) is 2.77. The Bertz CT molecular complexity index is 498. The van der Waals surface area contributed by atoms with Crippen molar-refractivity contribution in [3.63, 3.8) is 0 Å². The number of nitriles is 1. The van der Waals surface area contributed by atoms with Crippen molar-refractivity contribution in [3.05, 3.63) is 29.8 Å². The normalized spacial score (nSPS) is 18.8. The van der Waals surface area contributed by atoms with E-state index in [1.54, 1.807) is 24.3 Å². The van der Waals surface area contributed by atoms with E-state index in [0.29, 0.717) is 18.2 Å². The van der Waals surface area contributed by atoms with E-state index >= 15 is 0 Å². The molecule has 1 unspecified atom stereocenters. The summed E-state index contributed by atoms with van der Waals surface area (Å²) in [6, 6.07) is 9.45. The Morgan fingerprint density at radius 1 is 1.38 bits per heavy atom. The van der Waals surface area contributed by atoms with E-state index in [2.05, 4.69) is 21.6 Å². The van der Waals surface area contributed by atoms with Gasteiger partial charge in [-0.05, 0) is 63.7 Å². The number of anilines is 1. The molecule has 0 aliphatic carbocycles. The van der Waals surface area contributed by atoms with Crippen molar-refractivity contribution < 1.29 is 4.79 Å². The van der Waals surface area contributed by atoms with Gasteiger partial charge in [-0.25, -0.2) is 0 Å². The zero-order valence-electron chi connectivity index (χ0n) is 12.4. The lowest BCUT2D eigenvalue weighted by Gasteiger charge is -2.26. The second kappa shape index (κ2) is 7.77. The van der Waals surface area contributed by atoms with Crippen LogP contribution in [-0.4, -0.2) is 43.5 Å². The predicted octanol–water partition coefficient (Wildman–Crippen LogP) is 1.57. The number of rotatable bonds is 4. The maximum Gasteiger partial charge on any atom is 0.238 e. The Morgan fingerprint density at radius 3 is 2.86 bits per heavy atom. The first-order valence-electron chi connectivity index (χ1n) is 7.40. The highest BCUT2D eigenvalue weighted by atomic mass is 16.2. The molecule has 2 N–H and O–H groups in total. The maximum absolute atomic E-state index is 12.1. The van der Waals surface area contributed by atoms with Gasteiger partial charge >= 0.3 is 0 Å². The van der Waals surface area contributed by atoms with Gasteiger partial charge in [-0.2, -0.15) is 5.26 Å². The van der Waals surface area contributed by atoms with E-state index < -0.39 is 0 Å². The third-order valence-electron chi connectivity index (χ3n) is 3.86. The third kappa shape index (κ3) is 4.85. The standard InChI is InChI=1S/C16H22N4O/c1-20(15-3-2-9-18-10-8-15)12-16(21)19-14-6-4-13(11-17)5-7-14/h4-7,15,18H,2-3,8-10,12H2,1H3,(H,19,21). The van der Waals surface area contributed by atoms with Gasteiger partial charge in [0.25, 0.3) is 0 Å². The van der Waals surface area contributed by atoms with E-state index in [4.69, 9.17) is 5.26 Å². The number of hydrogen-bond donors (Lipinski definition) is 2. The van der Waals surface area contributed by atoms with Gasteiger partial charge < -0.3 is 10.6 Å². The van der Waals surface area contributed by atoms with Crippen LogP contribution in [-0.2, 0) is 4.79 Å². The predicted molar refractivity (Wildman–Crippen MR) is 82.9 cm³/mol. The van der Waals surface area contributed by atoms with Gasteiger partial charge in [-0.15, -0.1) is 0 Å². The maximum atomic E-state index is 12.1. The molecule has 0 bridgehead atoms. The molecule has 1 fully saturated rings. The summed E-state index contributed by atoms with van der Waals surface area (Å²) in [7, 11) is 2.01. The molecule has 5 heteroatoms. The lowest BCUT2D eigenvalue weighted by Crippen LogP contribution is -2.38. The second-order valence-electron chi connectivity index (χ2n) is 5.49. The van der Waals surface area contributed by atoms with Gasteiger partial charge in [0.2, 0.25) is 5.91 Å². The summed E-state index contributed by atoms with van der Waals surface area (Å²) in [4.78, 5) is 14.2. The highest BCUT2D eigenvalue weighted by Crippen LogP contribution is 2.12. The number of amides is 1. The average molecular weight is 286 g/mol. The van der Waals surface area contributed by atoms with Crippen molar-refractivity contribution in [3.8, 4) is 6.07 Å². The van der Waals surface area contributed by atoms with Crippen LogP contribution in [0, 0.1) is 11.3 Å². The third-order valence-corrected chi connectivity index (χ3v) is 3.86. The first-order chi connectivity index (χ1) is 10.2. The van der Waals surface area contributed by atoms with Crippen molar-refractivity contribution in [1.29, 1.82) is 5.26 Å². The zero-order chi connectivity index (χ0) is 15.1. The van der Waals surface area contributed by atoms with Gasteiger partial charge in [-0.3, -0.25) is 9.69 Å². The summed E-state index contributed by atoms with van der Waals surface area (Å²) >= 11 is 0. The summed E-state index contributed by atoms with van der Waals surface area (Å²) in [5.74, 6) is -0.0144. The molecule has 112 valence electrons. The van der Waals surface area contributed by atoms with Crippen molar-refractivity contribution >= 4 is 11.6 Å². The number of carbonyl (C=O) groups excluding carboxylic acids is 1. The Kier molecular flexibility index (Phi) is 5.73. The molecule has 1 heterocycles. The van der Waals surface area contributed by atoms with Crippen molar-refractivity contribution in [1.82, 2.24) is 10.2 Å². The molecule has 0 saturated carbocycles. The fraction of sp³-hybridized carbons (Fsp3) is 0.500. The first kappa shape index (κ1) is 15.5. The van der Waals surface area contributed by atoms with Crippen LogP contribution in [0.3, 0.4) is 0 Å². The zero-order valence-corrected chi connectivity index (χ0v) is 12.4. The van der Waals surface area contributed by atoms with Gasteiger partial charge in [0.1, 0.15) is 0 Å². The molecule has 1 aliphatic heterocycles. The van der Waals surface area contributed by atoms with Gasteiger partial charge in [-0.1, -0.05) is 0 Å². The molecular formula is C16H22N4O. The number of likely N-dealkylation sites (N-methyl/N-ethyl adjacent to an activating group) is 1. The smallest absolute Gasteiger partial charge is 0.238 e. The van der Waals surface area contributed by atoms with Crippen LogP contribution in [0.4, 0.5) is 5.69 Å². The van der Waals surface area contributed by atoms with E-state index in [1.807, 2.05) is 7.05 Å². The molecule has 1 aromatic carbocycles. The number of nitrogens with zero attached hydrogens (tertiary/aromatic N) is 2. The number of carbonyl (C=O) groups is 1. The molecule has 1 aromatic rings. The largest absolute Gasteiger partial charge is 0.325 e. The fourth-order valence-corrected chi connectivity index (χ4v) is 2.63. The molecule has 1 saturated heterocycles. The lowest BCUT2D eigenvalue weighted by atomic mass is 10.1. The van der Waals surface area contributed by atoms with E-state index in [9.17, 15) is 4.79 Å². The molecule has 0 radical (unpaired) electrons. The van der Waals surface area contributed by atoms with E-state index in [-0.39, 0.29) is 5.91 Å². The van der Waals surface area contributed by atoms with Gasteiger partial charge in [0.05, 0.1) is 18.2 Å². The molecule has 21 heavy (non-hydrogen) atoms. The van der Waals surface area contributed by atoms with Crippen molar-refractivity contribution in [2.45, 2.75) is 25.3 Å². The summed E-state index contributed by atoms with van der Waals surface area (Å²) in [6.45, 7) is 2.48. The van der Waals surface area contributed by atoms with Crippen LogP contribution < -0.4 is 10.6 Å². The summed E-state index contributed by atoms with van der Waals surface area (Å²) in [5, 5.41) is 15.0. The minimum atomic E-state index is -0.0144. The SMILES string of the molecule is CN(CC(=O)Nc1ccc(C#N)cc1)C1CCCNCC1. The van der Waals surface area contributed by atoms with Crippen LogP contribution in [0.5, 0.6) is 0 Å². The highest BCUT2D eigenvalue weighted by Gasteiger charge is 2.18. The fourth-order valence-electron chi connectivity index (χ4n) is 2.63. The Hall–Kier alpha value is -1.90. The van der Waals surface area contributed by atoms with Crippen LogP contribution in [0.2, 0.25) is 0 Å². The van der Waals surface area contributed by atoms with Crippen LogP contribution >= 0.6 is 0 Å². The number of hydrogen-bond acceptors (Lipinski definition) is 4. The number of benzene rings is 1. The minimum Gasteiger partial charge on any atom is -0.325 e. The minimum absolute atomic E-state index is 0.0144. The molecule has 1 amide bonds. The lowest BCUT2D eigenvalue weighted by molar-refractivity contribution is -0.117. The Labute approximate surface area is 125 Å². The summed E-state index contributed by atoms with van der Waals surface area (Å²) in [5.41, 5.74) is 1.33. The molecule has 5 nitrogen and oxygen atoms in total. The van der Waals surface area contributed by atoms with Crippen molar-refractivity contribution in [2.24, 2.45) is 0 Å². The highest BCUT2D eigenvalue weighted by molar-refractivity contribution is 5.92. The first-order valence-corrected chi connectivity index (χ1v) is 7.40. The topological polar surface area (TPSA) is 68.2 Å². The molecular weight excluding hydrogens is 264 g/mol. The van der Waals surface area contributed by atoms with Gasteiger partial charge in [0.15, 0.2) is 0 Å². The van der Waals surface area contributed by atoms with E-state index in [0.717, 1.165) is 38.0 Å².